The highest BCUT2D eigenvalue weighted by Gasteiger charge is 2.28. The minimum absolute atomic E-state index is 0.0120. The van der Waals surface area contributed by atoms with Crippen molar-refractivity contribution in [2.24, 2.45) is 5.92 Å². The van der Waals surface area contributed by atoms with E-state index in [2.05, 4.69) is 18.8 Å². The van der Waals surface area contributed by atoms with Crippen LogP contribution in [-0.2, 0) is 16.1 Å². The van der Waals surface area contributed by atoms with Gasteiger partial charge in [0.2, 0.25) is 0 Å². The van der Waals surface area contributed by atoms with Crippen LogP contribution in [0.3, 0.4) is 0 Å². The van der Waals surface area contributed by atoms with Crippen molar-refractivity contribution in [1.82, 2.24) is 4.57 Å². The van der Waals surface area contributed by atoms with Crippen molar-refractivity contribution in [3.05, 3.63) is 51.8 Å². The molecule has 0 bridgehead atoms. The number of halogens is 1. The molecule has 0 aliphatic carbocycles. The fraction of sp³-hybridized carbons (Fsp3) is 0.429. The van der Waals surface area contributed by atoms with Crippen molar-refractivity contribution < 1.29 is 23.7 Å². The molecule has 1 atom stereocenters. The van der Waals surface area contributed by atoms with Crippen LogP contribution in [0.2, 0.25) is 0 Å². The van der Waals surface area contributed by atoms with E-state index < -0.39 is 11.4 Å². The molecule has 0 spiro atoms. The van der Waals surface area contributed by atoms with E-state index in [-0.39, 0.29) is 17.5 Å². The summed E-state index contributed by atoms with van der Waals surface area (Å²) < 4.78 is 25.1. The van der Waals surface area contributed by atoms with Crippen LogP contribution in [0.15, 0.2) is 35.3 Å². The van der Waals surface area contributed by atoms with Gasteiger partial charge in [-0.3, -0.25) is 4.79 Å². The number of benzene rings is 1. The summed E-state index contributed by atoms with van der Waals surface area (Å²) in [7, 11) is 1.66. The topological polar surface area (TPSA) is 66.8 Å². The van der Waals surface area contributed by atoms with Crippen LogP contribution in [0.1, 0.15) is 42.2 Å². The average molecular weight is 389 g/mol. The lowest BCUT2D eigenvalue weighted by Gasteiger charge is -2.33. The fourth-order valence-corrected chi connectivity index (χ4v) is 3.59. The van der Waals surface area contributed by atoms with Crippen molar-refractivity contribution in [3.63, 3.8) is 0 Å². The Morgan fingerprint density at radius 1 is 1.29 bits per heavy atom. The molecule has 6 nitrogen and oxygen atoms in total. The van der Waals surface area contributed by atoms with E-state index >= 15 is 0 Å². The molecule has 1 unspecified atom stereocenters. The SMILES string of the molecule is COCCCOc1ccc2c(c1)CC(C(C)C)n1cc(C(=O)OF)c(=O)cc1-2. The highest BCUT2D eigenvalue weighted by atomic mass is 19.3. The highest BCUT2D eigenvalue weighted by Crippen LogP contribution is 2.38. The number of pyridine rings is 1. The number of fused-ring (bicyclic) bond motifs is 3. The number of methoxy groups -OCH3 is 1. The summed E-state index contributed by atoms with van der Waals surface area (Å²) in [5.41, 5.74) is 1.80. The van der Waals surface area contributed by atoms with Crippen molar-refractivity contribution >= 4 is 5.97 Å². The lowest BCUT2D eigenvalue weighted by molar-refractivity contribution is -0.0789. The Morgan fingerprint density at radius 3 is 2.75 bits per heavy atom. The number of carbonyl (C=O) groups is 1. The summed E-state index contributed by atoms with van der Waals surface area (Å²) in [6.07, 6.45) is 2.92. The standard InChI is InChI=1S/C21H24FNO5/c1-13(2)18-10-14-9-15(27-8-4-7-26-3)5-6-16(14)19-11-20(24)17(12-23(18)19)21(25)28-22/h5-6,9,11-13,18H,4,7-8,10H2,1-3H3. The molecule has 0 amide bonds. The first kappa shape index (κ1) is 20.1. The summed E-state index contributed by atoms with van der Waals surface area (Å²) in [4.78, 5) is 27.2. The van der Waals surface area contributed by atoms with E-state index in [9.17, 15) is 14.1 Å². The van der Waals surface area contributed by atoms with E-state index in [0.717, 1.165) is 23.3 Å². The zero-order valence-electron chi connectivity index (χ0n) is 16.2. The molecule has 0 fully saturated rings. The quantitative estimate of drug-likeness (QED) is 0.675. The smallest absolute Gasteiger partial charge is 0.384 e. The van der Waals surface area contributed by atoms with Crippen LogP contribution in [0.4, 0.5) is 4.53 Å². The third kappa shape index (κ3) is 3.94. The summed E-state index contributed by atoms with van der Waals surface area (Å²) in [5.74, 6) is -0.269. The third-order valence-electron chi connectivity index (χ3n) is 5.04. The molecule has 1 aliphatic rings. The highest BCUT2D eigenvalue weighted by molar-refractivity contribution is 5.89. The number of ether oxygens (including phenoxy) is 2. The van der Waals surface area contributed by atoms with Crippen LogP contribution >= 0.6 is 0 Å². The van der Waals surface area contributed by atoms with Gasteiger partial charge in [0.25, 0.3) is 0 Å². The van der Waals surface area contributed by atoms with E-state index in [1.54, 1.807) is 7.11 Å². The van der Waals surface area contributed by atoms with Crippen molar-refractivity contribution in [3.8, 4) is 17.0 Å². The zero-order valence-corrected chi connectivity index (χ0v) is 16.2. The van der Waals surface area contributed by atoms with Gasteiger partial charge in [0.1, 0.15) is 11.3 Å². The second kappa shape index (κ2) is 8.56. The molecule has 0 radical (unpaired) electrons. The first-order chi connectivity index (χ1) is 13.5. The zero-order chi connectivity index (χ0) is 20.3. The summed E-state index contributed by atoms with van der Waals surface area (Å²) in [5, 5.41) is 0. The Balaban J connectivity index is 2.01. The number of hydrogen-bond acceptors (Lipinski definition) is 5. The van der Waals surface area contributed by atoms with Gasteiger partial charge in [0, 0.05) is 48.5 Å². The van der Waals surface area contributed by atoms with Gasteiger partial charge in [-0.15, -0.1) is 0 Å². The molecule has 28 heavy (non-hydrogen) atoms. The van der Waals surface area contributed by atoms with E-state index in [4.69, 9.17) is 9.47 Å². The van der Waals surface area contributed by atoms with Crippen LogP contribution in [0.25, 0.3) is 11.3 Å². The van der Waals surface area contributed by atoms with Gasteiger partial charge < -0.3 is 14.0 Å². The van der Waals surface area contributed by atoms with Crippen molar-refractivity contribution in [1.29, 1.82) is 0 Å². The van der Waals surface area contributed by atoms with Crippen molar-refractivity contribution in [2.45, 2.75) is 32.7 Å². The van der Waals surface area contributed by atoms with Gasteiger partial charge in [-0.2, -0.15) is 0 Å². The second-order valence-electron chi connectivity index (χ2n) is 7.24. The first-order valence-electron chi connectivity index (χ1n) is 9.30. The number of nitrogens with zero attached hydrogens (tertiary/aromatic N) is 1. The van der Waals surface area contributed by atoms with Gasteiger partial charge in [0.05, 0.1) is 12.3 Å². The molecule has 0 saturated heterocycles. The molecular weight excluding hydrogens is 365 g/mol. The van der Waals surface area contributed by atoms with E-state index in [1.807, 2.05) is 22.8 Å². The van der Waals surface area contributed by atoms with Crippen LogP contribution in [0.5, 0.6) is 5.75 Å². The van der Waals surface area contributed by atoms with Gasteiger partial charge in [0.15, 0.2) is 5.43 Å². The Labute approximate surface area is 162 Å². The maximum atomic E-state index is 12.4. The molecule has 2 aromatic rings. The molecule has 150 valence electrons. The predicted octanol–water partition coefficient (Wildman–Crippen LogP) is 3.73. The Kier molecular flexibility index (Phi) is 6.14. The maximum absolute atomic E-state index is 12.4. The third-order valence-corrected chi connectivity index (χ3v) is 5.04. The Morgan fingerprint density at radius 2 is 2.07 bits per heavy atom. The van der Waals surface area contributed by atoms with E-state index in [0.29, 0.717) is 25.3 Å². The van der Waals surface area contributed by atoms with Crippen LogP contribution in [-0.4, -0.2) is 30.9 Å². The average Bonchev–Trinajstić information content (AvgIpc) is 2.69. The minimum Gasteiger partial charge on any atom is -0.493 e. The molecule has 0 saturated carbocycles. The lowest BCUT2D eigenvalue weighted by Crippen LogP contribution is -2.28. The van der Waals surface area contributed by atoms with Crippen LogP contribution in [0, 0.1) is 5.92 Å². The first-order valence-corrected chi connectivity index (χ1v) is 9.30. The van der Waals surface area contributed by atoms with E-state index in [1.165, 1.54) is 12.3 Å². The minimum atomic E-state index is -1.27. The Bertz CT molecular complexity index is 921. The Hall–Kier alpha value is -2.67. The summed E-state index contributed by atoms with van der Waals surface area (Å²) in [6, 6.07) is 7.15. The summed E-state index contributed by atoms with van der Waals surface area (Å²) in [6.45, 7) is 5.33. The van der Waals surface area contributed by atoms with Gasteiger partial charge >= 0.3 is 5.97 Å². The number of hydrogen-bond donors (Lipinski definition) is 0. The summed E-state index contributed by atoms with van der Waals surface area (Å²) >= 11 is 0. The molecular formula is C21H24FNO5. The lowest BCUT2D eigenvalue weighted by atomic mass is 9.87. The fourth-order valence-electron chi connectivity index (χ4n) is 3.59. The largest absolute Gasteiger partial charge is 0.493 e. The monoisotopic (exact) mass is 389 g/mol. The van der Waals surface area contributed by atoms with Gasteiger partial charge in [-0.1, -0.05) is 13.8 Å². The number of carbonyl (C=O) groups excluding carboxylic acids is 1. The second-order valence-corrected chi connectivity index (χ2v) is 7.24. The molecule has 1 aromatic heterocycles. The van der Waals surface area contributed by atoms with Crippen LogP contribution < -0.4 is 10.2 Å². The predicted molar refractivity (Wildman–Crippen MR) is 102 cm³/mol. The normalized spacial score (nSPS) is 15.1. The molecule has 7 heteroatoms. The maximum Gasteiger partial charge on any atom is 0.384 e. The molecule has 3 rings (SSSR count). The molecule has 0 N–H and O–H groups in total. The molecule has 2 heterocycles. The number of rotatable bonds is 7. The van der Waals surface area contributed by atoms with Crippen molar-refractivity contribution in [2.75, 3.05) is 20.3 Å². The molecule has 1 aliphatic heterocycles. The number of aromatic nitrogens is 1. The molecule has 1 aromatic carbocycles. The van der Waals surface area contributed by atoms with Gasteiger partial charge in [-0.05, 0) is 36.1 Å². The van der Waals surface area contributed by atoms with Gasteiger partial charge in [-0.25, -0.2) is 9.74 Å².